The average Bonchev–Trinajstić information content (AvgIpc) is 0.722. The van der Waals surface area contributed by atoms with Crippen LogP contribution in [0, 0.1) is 0 Å². The Hall–Kier alpha value is 0.843. The topological polar surface area (TPSA) is 0 Å². The van der Waals surface area contributed by atoms with Crippen LogP contribution in [0.3, 0.4) is 0 Å². The molecule has 1 rings (SSSR count). The van der Waals surface area contributed by atoms with Crippen molar-refractivity contribution < 1.29 is 0 Å². The fourth-order valence-corrected chi connectivity index (χ4v) is 1.74. The van der Waals surface area contributed by atoms with Crippen LogP contribution in [0.25, 0.3) is 0 Å². The molecule has 0 aromatic rings. The molecule has 0 amide bonds. The molecule has 0 unspecified atom stereocenters. The van der Waals surface area contributed by atoms with Crippen LogP contribution in [0.2, 0.25) is 5.25 Å². The predicted octanol–water partition coefficient (Wildman–Crippen LogP) is 0.984. The van der Waals surface area contributed by atoms with Gasteiger partial charge >= 0.3 is 32.7 Å². The number of hydrogen-bond acceptors (Lipinski definition) is 0. The second-order valence-corrected chi connectivity index (χ2v) is 6.90. The van der Waals surface area contributed by atoms with Gasteiger partial charge in [-0.15, -0.1) is 0 Å². The second-order valence-electron chi connectivity index (χ2n) is 0.790. The molecule has 21 valence electrons. The van der Waals surface area contributed by atoms with Crippen molar-refractivity contribution in [1.82, 2.24) is 0 Å². The molecule has 0 bridgehead atoms. The summed E-state index contributed by atoms with van der Waals surface area (Å²) in [5, 5.41) is 1.61. The van der Waals surface area contributed by atoms with Crippen LogP contribution in [0.1, 0.15) is 0 Å². The SMILES string of the molecule is C1[CH2][Ge]=[P]1. The molecular weight excluding hydrogens is 128 g/mol. The van der Waals surface area contributed by atoms with Crippen LogP contribution in [-0.4, -0.2) is 20.7 Å². The Kier molecular flexibility index (Phi) is 1.01. The van der Waals surface area contributed by atoms with Gasteiger partial charge in [0.1, 0.15) is 0 Å². The van der Waals surface area contributed by atoms with Gasteiger partial charge in [-0.1, -0.05) is 0 Å². The third kappa shape index (κ3) is 0.412. The average molecular weight is 132 g/mol. The summed E-state index contributed by atoms with van der Waals surface area (Å²) in [5.74, 6) is 0. The van der Waals surface area contributed by atoms with Crippen molar-refractivity contribution in [3.05, 3.63) is 0 Å². The van der Waals surface area contributed by atoms with Crippen molar-refractivity contribution in [2.45, 2.75) is 5.25 Å². The quantitative estimate of drug-likeness (QED) is 0.340. The molecule has 1 aliphatic heterocycles. The van der Waals surface area contributed by atoms with E-state index in [1.165, 1.54) is 6.16 Å². The summed E-state index contributed by atoms with van der Waals surface area (Å²) in [6, 6.07) is 0. The molecule has 0 aromatic carbocycles. The van der Waals surface area contributed by atoms with Gasteiger partial charge in [0.25, 0.3) is 0 Å². The molecule has 0 saturated carbocycles. The summed E-state index contributed by atoms with van der Waals surface area (Å²) in [6.07, 6.45) is 1.53. The summed E-state index contributed by atoms with van der Waals surface area (Å²) in [6.45, 7) is 1.80. The van der Waals surface area contributed by atoms with E-state index in [1.54, 1.807) is 12.0 Å². The minimum atomic E-state index is 0.667. The van der Waals surface area contributed by atoms with Crippen LogP contribution in [0.4, 0.5) is 0 Å². The van der Waals surface area contributed by atoms with E-state index in [1.807, 2.05) is 0 Å². The fraction of sp³-hybridized carbons (Fsp3) is 1.00. The zero-order valence-electron chi connectivity index (χ0n) is 2.36. The Labute approximate surface area is 33.3 Å². The maximum absolute atomic E-state index is 1.80. The normalized spacial score (nSPS) is 24.0. The minimum absolute atomic E-state index is 0.667. The van der Waals surface area contributed by atoms with E-state index in [-0.39, 0.29) is 0 Å². The first kappa shape index (κ1) is 3.05. The molecule has 0 fully saturated rings. The van der Waals surface area contributed by atoms with E-state index in [0.717, 1.165) is 0 Å². The van der Waals surface area contributed by atoms with Crippen molar-refractivity contribution in [1.29, 1.82) is 0 Å². The molecule has 1 heterocycles. The molecule has 0 saturated heterocycles. The molecule has 0 aliphatic carbocycles. The first-order valence-corrected chi connectivity index (χ1v) is 6.77. The molecule has 1 radical (unpaired) electrons. The Balaban J connectivity index is 2.47. The van der Waals surface area contributed by atoms with Crippen LogP contribution in [0.15, 0.2) is 0 Å². The Morgan fingerprint density at radius 3 is 2.00 bits per heavy atom. The fourth-order valence-electron chi connectivity index (χ4n) is 0.112. The van der Waals surface area contributed by atoms with Crippen molar-refractivity contribution >= 4 is 21.3 Å². The molecular formula is C2H4GeP. The summed E-state index contributed by atoms with van der Waals surface area (Å²) >= 11 is 0.667. The summed E-state index contributed by atoms with van der Waals surface area (Å²) in [5.41, 5.74) is 0. The van der Waals surface area contributed by atoms with Gasteiger partial charge in [-0.3, -0.25) is 0 Å². The maximum atomic E-state index is 1.80. The van der Waals surface area contributed by atoms with E-state index in [9.17, 15) is 0 Å². The third-order valence-electron chi connectivity index (χ3n) is 0.447. The summed E-state index contributed by atoms with van der Waals surface area (Å²) < 4.78 is 0. The van der Waals surface area contributed by atoms with Gasteiger partial charge in [0.15, 0.2) is 0 Å². The molecule has 0 spiro atoms. The van der Waals surface area contributed by atoms with Crippen molar-refractivity contribution in [2.24, 2.45) is 0 Å². The standard InChI is InChI=1S/C2H4GeP/c1-2-4-3-1/h1-2H2. The molecule has 0 N–H and O–H groups in total. The molecule has 4 heavy (non-hydrogen) atoms. The molecule has 0 aromatic heterocycles. The van der Waals surface area contributed by atoms with Crippen molar-refractivity contribution in [2.75, 3.05) is 6.16 Å². The number of hydrogen-bond donors (Lipinski definition) is 0. The summed E-state index contributed by atoms with van der Waals surface area (Å²) in [4.78, 5) is 0. The van der Waals surface area contributed by atoms with E-state index in [0.29, 0.717) is 14.5 Å². The predicted molar refractivity (Wildman–Crippen MR) is 22.3 cm³/mol. The molecule has 1 aliphatic rings. The van der Waals surface area contributed by atoms with Crippen LogP contribution in [0.5, 0.6) is 0 Å². The van der Waals surface area contributed by atoms with Crippen LogP contribution < -0.4 is 0 Å². The monoisotopic (exact) mass is 133 g/mol. The van der Waals surface area contributed by atoms with Gasteiger partial charge in [0, 0.05) is 0 Å². The second kappa shape index (κ2) is 1.32. The van der Waals surface area contributed by atoms with Gasteiger partial charge in [-0.05, 0) is 0 Å². The van der Waals surface area contributed by atoms with Gasteiger partial charge in [0.2, 0.25) is 0 Å². The zero-order valence-corrected chi connectivity index (χ0v) is 5.35. The van der Waals surface area contributed by atoms with E-state index in [4.69, 9.17) is 0 Å². The first-order valence-electron chi connectivity index (χ1n) is 1.39. The first-order chi connectivity index (χ1) is 2.00. The Morgan fingerprint density at radius 2 is 2.00 bits per heavy atom. The van der Waals surface area contributed by atoms with Gasteiger partial charge in [-0.2, -0.15) is 0 Å². The van der Waals surface area contributed by atoms with Gasteiger partial charge in [0.05, 0.1) is 0 Å². The van der Waals surface area contributed by atoms with Crippen molar-refractivity contribution in [3.8, 4) is 0 Å². The molecule has 0 nitrogen and oxygen atoms in total. The van der Waals surface area contributed by atoms with E-state index < -0.39 is 0 Å². The Bertz CT molecular complexity index is 35.3. The van der Waals surface area contributed by atoms with Crippen LogP contribution >= 0.6 is 6.75 Å². The van der Waals surface area contributed by atoms with E-state index in [2.05, 4.69) is 0 Å². The zero-order chi connectivity index (χ0) is 2.83. The number of rotatable bonds is 0. The third-order valence-corrected chi connectivity index (χ3v) is 6.97. The van der Waals surface area contributed by atoms with Gasteiger partial charge in [-0.25, -0.2) is 0 Å². The Morgan fingerprint density at radius 1 is 1.75 bits per heavy atom. The molecule has 2 heteroatoms. The van der Waals surface area contributed by atoms with Crippen molar-refractivity contribution in [3.63, 3.8) is 0 Å². The summed E-state index contributed by atoms with van der Waals surface area (Å²) in [7, 11) is 0. The van der Waals surface area contributed by atoms with Gasteiger partial charge < -0.3 is 0 Å². The van der Waals surface area contributed by atoms with Crippen LogP contribution in [-0.2, 0) is 0 Å². The van der Waals surface area contributed by atoms with E-state index >= 15 is 0 Å². The molecule has 0 atom stereocenters.